The number of amides is 1. The number of aromatic nitrogens is 1. The molecule has 0 spiro atoms. The van der Waals surface area contributed by atoms with Gasteiger partial charge in [-0.2, -0.15) is 0 Å². The highest BCUT2D eigenvalue weighted by molar-refractivity contribution is 5.91. The molecule has 1 fully saturated rings. The average molecular weight is 328 g/mol. The van der Waals surface area contributed by atoms with Crippen molar-refractivity contribution in [2.45, 2.75) is 26.7 Å². The van der Waals surface area contributed by atoms with Crippen LogP contribution in [0.1, 0.15) is 30.6 Å². The van der Waals surface area contributed by atoms with Crippen molar-refractivity contribution in [3.05, 3.63) is 36.0 Å². The number of fused-ring (bicyclic) bond motifs is 1. The number of benzene rings is 1. The minimum Gasteiger partial charge on any atom is -0.379 e. The van der Waals surface area contributed by atoms with Crippen LogP contribution in [-0.4, -0.2) is 47.6 Å². The third kappa shape index (κ3) is 3.51. The normalized spacial score (nSPS) is 18.6. The Kier molecular flexibility index (Phi) is 5.00. The van der Waals surface area contributed by atoms with Gasteiger partial charge in [0.2, 0.25) is 11.8 Å². The van der Waals surface area contributed by atoms with Crippen molar-refractivity contribution < 1.29 is 14.3 Å². The van der Waals surface area contributed by atoms with E-state index in [9.17, 15) is 9.59 Å². The van der Waals surface area contributed by atoms with Crippen LogP contribution in [0, 0.1) is 5.92 Å². The Bertz CT molecular complexity index is 750. The highest BCUT2D eigenvalue weighted by Gasteiger charge is 2.22. The third-order valence-electron chi connectivity index (χ3n) is 4.61. The van der Waals surface area contributed by atoms with Crippen LogP contribution in [0.4, 0.5) is 0 Å². The van der Waals surface area contributed by atoms with E-state index in [0.717, 1.165) is 23.9 Å². The van der Waals surface area contributed by atoms with Crippen LogP contribution >= 0.6 is 0 Å². The summed E-state index contributed by atoms with van der Waals surface area (Å²) in [5, 5.41) is 1.07. The van der Waals surface area contributed by atoms with Crippen LogP contribution in [0.15, 0.2) is 30.5 Å². The van der Waals surface area contributed by atoms with Crippen LogP contribution in [0.3, 0.4) is 0 Å². The summed E-state index contributed by atoms with van der Waals surface area (Å²) >= 11 is 0. The van der Waals surface area contributed by atoms with Crippen molar-refractivity contribution in [2.75, 3.05) is 26.3 Å². The number of nitrogens with zero attached hydrogens (tertiary/aromatic N) is 2. The second-order valence-corrected chi connectivity index (χ2v) is 6.44. The lowest BCUT2D eigenvalue weighted by atomic mass is 9.98. The summed E-state index contributed by atoms with van der Waals surface area (Å²) in [6.07, 6.45) is 3.22. The molecule has 2 aromatic rings. The minimum absolute atomic E-state index is 0.0173. The molecule has 0 saturated carbocycles. The maximum atomic E-state index is 12.0. The zero-order valence-electron chi connectivity index (χ0n) is 14.3. The molecule has 1 aromatic heterocycles. The third-order valence-corrected chi connectivity index (χ3v) is 4.61. The highest BCUT2D eigenvalue weighted by atomic mass is 16.5. The van der Waals surface area contributed by atoms with Gasteiger partial charge in [0.25, 0.3) is 0 Å². The van der Waals surface area contributed by atoms with Gasteiger partial charge in [-0.3, -0.25) is 14.2 Å². The molecule has 1 atom stereocenters. The number of carbonyl (C=O) groups excluding carboxylic acids is 2. The lowest BCUT2D eigenvalue weighted by molar-refractivity contribution is -0.131. The maximum absolute atomic E-state index is 12.0. The Hall–Kier alpha value is -2.14. The smallest absolute Gasteiger partial charge is 0.227 e. The Labute approximate surface area is 142 Å². The molecule has 1 amide bonds. The van der Waals surface area contributed by atoms with Gasteiger partial charge in [-0.1, -0.05) is 13.0 Å². The van der Waals surface area contributed by atoms with E-state index in [1.807, 2.05) is 30.2 Å². The van der Waals surface area contributed by atoms with E-state index in [1.54, 1.807) is 11.5 Å². The fourth-order valence-electron chi connectivity index (χ4n) is 3.38. The summed E-state index contributed by atoms with van der Waals surface area (Å²) in [6, 6.07) is 8.17. The molecule has 0 N–H and O–H groups in total. The first-order valence-corrected chi connectivity index (χ1v) is 8.55. The summed E-state index contributed by atoms with van der Waals surface area (Å²) < 4.78 is 7.35. The first-order chi connectivity index (χ1) is 11.6. The average Bonchev–Trinajstić information content (AvgIpc) is 2.86. The number of rotatable bonds is 3. The first-order valence-electron chi connectivity index (χ1n) is 8.55. The van der Waals surface area contributed by atoms with Gasteiger partial charge in [0.1, 0.15) is 0 Å². The van der Waals surface area contributed by atoms with E-state index in [0.29, 0.717) is 32.1 Å². The summed E-state index contributed by atoms with van der Waals surface area (Å²) in [4.78, 5) is 25.5. The van der Waals surface area contributed by atoms with Crippen molar-refractivity contribution in [3.8, 4) is 0 Å². The van der Waals surface area contributed by atoms with Gasteiger partial charge in [-0.15, -0.1) is 0 Å². The van der Waals surface area contributed by atoms with Gasteiger partial charge < -0.3 is 9.64 Å². The van der Waals surface area contributed by atoms with Crippen molar-refractivity contribution in [1.82, 2.24) is 9.47 Å². The largest absolute Gasteiger partial charge is 0.379 e. The summed E-state index contributed by atoms with van der Waals surface area (Å²) in [7, 11) is 0. The lowest BCUT2D eigenvalue weighted by Crippen LogP contribution is -2.35. The number of hydrogen-bond acceptors (Lipinski definition) is 3. The first kappa shape index (κ1) is 16.7. The monoisotopic (exact) mass is 328 g/mol. The summed E-state index contributed by atoms with van der Waals surface area (Å²) in [6.45, 7) is 6.19. The van der Waals surface area contributed by atoms with Crippen molar-refractivity contribution in [2.24, 2.45) is 5.92 Å². The van der Waals surface area contributed by atoms with Gasteiger partial charge in [0, 0.05) is 43.9 Å². The predicted octanol–water partition coefficient (Wildman–Crippen LogP) is 2.73. The molecule has 5 nitrogen and oxygen atoms in total. The second kappa shape index (κ2) is 7.18. The Morgan fingerprint density at radius 1 is 1.29 bits per heavy atom. The molecule has 5 heteroatoms. The molecule has 1 aromatic carbocycles. The predicted molar refractivity (Wildman–Crippen MR) is 93.1 cm³/mol. The highest BCUT2D eigenvalue weighted by Crippen LogP contribution is 2.21. The van der Waals surface area contributed by atoms with Crippen LogP contribution in [0.5, 0.6) is 0 Å². The molecule has 1 aliphatic heterocycles. The molecule has 0 aliphatic carbocycles. The van der Waals surface area contributed by atoms with Gasteiger partial charge in [0.15, 0.2) is 0 Å². The van der Waals surface area contributed by atoms with Crippen LogP contribution in [0.2, 0.25) is 0 Å². The number of carbonyl (C=O) groups is 2. The lowest BCUT2D eigenvalue weighted by Gasteiger charge is -2.23. The molecule has 0 bridgehead atoms. The van der Waals surface area contributed by atoms with Gasteiger partial charge in [-0.25, -0.2) is 0 Å². The zero-order chi connectivity index (χ0) is 17.1. The van der Waals surface area contributed by atoms with Crippen molar-refractivity contribution >= 4 is 22.7 Å². The molecule has 1 saturated heterocycles. The van der Waals surface area contributed by atoms with Crippen molar-refractivity contribution in [3.63, 3.8) is 0 Å². The molecule has 0 radical (unpaired) electrons. The molecule has 3 rings (SSSR count). The molecular formula is C19H24N2O3. The Morgan fingerprint density at radius 2 is 2.12 bits per heavy atom. The van der Waals surface area contributed by atoms with Gasteiger partial charge in [0.05, 0.1) is 18.7 Å². The SMILES string of the molecule is CCC(=O)N1CCOC[C@H](Cc2ccc3c(ccn3C(C)=O)c2)C1. The Morgan fingerprint density at radius 3 is 2.88 bits per heavy atom. The van der Waals surface area contributed by atoms with Crippen LogP contribution in [-0.2, 0) is 16.0 Å². The quantitative estimate of drug-likeness (QED) is 0.870. The van der Waals surface area contributed by atoms with E-state index in [-0.39, 0.29) is 11.8 Å². The second-order valence-electron chi connectivity index (χ2n) is 6.44. The van der Waals surface area contributed by atoms with Crippen LogP contribution < -0.4 is 0 Å². The molecule has 2 heterocycles. The fourth-order valence-corrected chi connectivity index (χ4v) is 3.38. The summed E-state index contributed by atoms with van der Waals surface area (Å²) in [5.74, 6) is 0.512. The maximum Gasteiger partial charge on any atom is 0.227 e. The van der Waals surface area contributed by atoms with E-state index < -0.39 is 0 Å². The molecule has 1 aliphatic rings. The van der Waals surface area contributed by atoms with Crippen LogP contribution in [0.25, 0.3) is 10.9 Å². The van der Waals surface area contributed by atoms with Gasteiger partial charge >= 0.3 is 0 Å². The summed E-state index contributed by atoms with van der Waals surface area (Å²) in [5.41, 5.74) is 2.15. The Balaban J connectivity index is 1.76. The number of hydrogen-bond donors (Lipinski definition) is 0. The van der Waals surface area contributed by atoms with Crippen molar-refractivity contribution in [1.29, 1.82) is 0 Å². The molecule has 128 valence electrons. The van der Waals surface area contributed by atoms with Gasteiger partial charge in [-0.05, 0) is 30.2 Å². The van der Waals surface area contributed by atoms with E-state index >= 15 is 0 Å². The van der Waals surface area contributed by atoms with E-state index in [4.69, 9.17) is 4.74 Å². The zero-order valence-corrected chi connectivity index (χ0v) is 14.3. The molecular weight excluding hydrogens is 304 g/mol. The minimum atomic E-state index is 0.0173. The standard InChI is InChI=1S/C19H24N2O3/c1-3-19(23)20-8-9-24-13-16(12-20)10-15-4-5-18-17(11-15)6-7-21(18)14(2)22/h4-7,11,16H,3,8-10,12-13H2,1-2H3/t16-/m1/s1. The fraction of sp³-hybridized carbons (Fsp3) is 0.474. The van der Waals surface area contributed by atoms with E-state index in [1.165, 1.54) is 5.56 Å². The topological polar surface area (TPSA) is 51.5 Å². The molecule has 24 heavy (non-hydrogen) atoms. The molecule has 0 unspecified atom stereocenters. The number of ether oxygens (including phenoxy) is 1. The van der Waals surface area contributed by atoms with E-state index in [2.05, 4.69) is 12.1 Å².